The molecule has 1 aromatic carbocycles. The molecule has 0 radical (unpaired) electrons. The molecule has 0 spiro atoms. The number of hydrogen-bond acceptors (Lipinski definition) is 3. The van der Waals surface area contributed by atoms with Crippen LogP contribution in [-0.2, 0) is 6.54 Å². The van der Waals surface area contributed by atoms with E-state index < -0.39 is 0 Å². The van der Waals surface area contributed by atoms with Crippen LogP contribution in [0, 0.1) is 12.3 Å². The van der Waals surface area contributed by atoms with E-state index in [1.807, 2.05) is 31.2 Å². The number of ether oxygens (including phenoxy) is 1. The van der Waals surface area contributed by atoms with Gasteiger partial charge in [0.25, 0.3) is 0 Å². The molecule has 0 saturated heterocycles. The molecule has 2 N–H and O–H groups in total. The van der Waals surface area contributed by atoms with Gasteiger partial charge in [0.15, 0.2) is 0 Å². The second kappa shape index (κ2) is 7.72. The second-order valence-corrected chi connectivity index (χ2v) is 3.77. The average Bonchev–Trinajstić information content (AvgIpc) is 2.38. The summed E-state index contributed by atoms with van der Waals surface area (Å²) < 4.78 is 5.45. The fourth-order valence-corrected chi connectivity index (χ4v) is 1.50. The van der Waals surface area contributed by atoms with Crippen LogP contribution < -0.4 is 10.1 Å². The van der Waals surface area contributed by atoms with Crippen molar-refractivity contribution in [2.75, 3.05) is 13.2 Å². The van der Waals surface area contributed by atoms with Crippen molar-refractivity contribution >= 4 is 0 Å². The van der Waals surface area contributed by atoms with Gasteiger partial charge in [-0.05, 0) is 12.5 Å². The molecule has 0 amide bonds. The molecule has 1 rings (SSSR count). The molecule has 0 aliphatic heterocycles. The van der Waals surface area contributed by atoms with Crippen molar-refractivity contribution in [2.24, 2.45) is 0 Å². The van der Waals surface area contributed by atoms with E-state index in [4.69, 9.17) is 16.3 Å². The summed E-state index contributed by atoms with van der Waals surface area (Å²) in [5, 5.41) is 12.4. The first-order valence-electron chi connectivity index (χ1n) is 5.80. The van der Waals surface area contributed by atoms with Crippen LogP contribution >= 0.6 is 0 Å². The number of terminal acetylenes is 1. The highest BCUT2D eigenvalue weighted by Crippen LogP contribution is 2.17. The van der Waals surface area contributed by atoms with Gasteiger partial charge in [-0.1, -0.05) is 31.0 Å². The summed E-state index contributed by atoms with van der Waals surface area (Å²) in [6.07, 6.45) is 6.06. The molecule has 3 heteroatoms. The van der Waals surface area contributed by atoms with Crippen LogP contribution in [0.4, 0.5) is 0 Å². The number of nitrogens with one attached hydrogen (secondary N) is 1. The fourth-order valence-electron chi connectivity index (χ4n) is 1.50. The third kappa shape index (κ3) is 4.48. The SMILES string of the molecule is C#CCOc1ccccc1CN[C@@H](CC)CO. The van der Waals surface area contributed by atoms with Crippen LogP contribution in [0.25, 0.3) is 0 Å². The molecule has 0 aliphatic carbocycles. The van der Waals surface area contributed by atoms with E-state index in [-0.39, 0.29) is 19.3 Å². The first kappa shape index (κ1) is 13.6. The number of benzene rings is 1. The Balaban J connectivity index is 2.60. The molecular formula is C14H19NO2. The summed E-state index contributed by atoms with van der Waals surface area (Å²) in [4.78, 5) is 0. The maximum atomic E-state index is 9.09. The van der Waals surface area contributed by atoms with Crippen molar-refractivity contribution in [3.8, 4) is 18.1 Å². The van der Waals surface area contributed by atoms with Crippen LogP contribution in [0.2, 0.25) is 0 Å². The Kier molecular flexibility index (Phi) is 6.16. The third-order valence-corrected chi connectivity index (χ3v) is 2.58. The minimum Gasteiger partial charge on any atom is -0.481 e. The van der Waals surface area contributed by atoms with Crippen molar-refractivity contribution < 1.29 is 9.84 Å². The second-order valence-electron chi connectivity index (χ2n) is 3.77. The minimum atomic E-state index is 0.121. The molecule has 0 bridgehead atoms. The molecule has 17 heavy (non-hydrogen) atoms. The largest absolute Gasteiger partial charge is 0.481 e. The van der Waals surface area contributed by atoms with Crippen molar-refractivity contribution in [3.63, 3.8) is 0 Å². The van der Waals surface area contributed by atoms with Crippen LogP contribution in [0.1, 0.15) is 18.9 Å². The molecule has 0 aromatic heterocycles. The Morgan fingerprint density at radius 1 is 1.47 bits per heavy atom. The van der Waals surface area contributed by atoms with Gasteiger partial charge in [0.2, 0.25) is 0 Å². The zero-order chi connectivity index (χ0) is 12.5. The summed E-state index contributed by atoms with van der Waals surface area (Å²) >= 11 is 0. The normalized spacial score (nSPS) is 11.8. The number of para-hydroxylation sites is 1. The van der Waals surface area contributed by atoms with Gasteiger partial charge in [-0.3, -0.25) is 0 Å². The number of hydrogen-bond donors (Lipinski definition) is 2. The minimum absolute atomic E-state index is 0.121. The van der Waals surface area contributed by atoms with Gasteiger partial charge in [-0.25, -0.2) is 0 Å². The highest BCUT2D eigenvalue weighted by Gasteiger charge is 2.06. The van der Waals surface area contributed by atoms with Gasteiger partial charge in [0, 0.05) is 18.2 Å². The molecule has 0 heterocycles. The number of rotatable bonds is 7. The van der Waals surface area contributed by atoms with E-state index in [0.717, 1.165) is 17.7 Å². The van der Waals surface area contributed by atoms with Gasteiger partial charge in [-0.2, -0.15) is 0 Å². The lowest BCUT2D eigenvalue weighted by atomic mass is 10.1. The monoisotopic (exact) mass is 233 g/mol. The van der Waals surface area contributed by atoms with Gasteiger partial charge in [0.05, 0.1) is 6.61 Å². The lowest BCUT2D eigenvalue weighted by molar-refractivity contribution is 0.237. The number of aliphatic hydroxyl groups is 1. The Morgan fingerprint density at radius 2 is 2.24 bits per heavy atom. The fraction of sp³-hybridized carbons (Fsp3) is 0.429. The molecule has 0 unspecified atom stereocenters. The summed E-state index contributed by atoms with van der Waals surface area (Å²) in [5.74, 6) is 3.24. The Bertz CT molecular complexity index is 367. The summed E-state index contributed by atoms with van der Waals surface area (Å²) in [5.41, 5.74) is 1.05. The Morgan fingerprint density at radius 3 is 2.88 bits per heavy atom. The summed E-state index contributed by atoms with van der Waals surface area (Å²) in [6.45, 7) is 3.12. The highest BCUT2D eigenvalue weighted by molar-refractivity contribution is 5.33. The zero-order valence-electron chi connectivity index (χ0n) is 10.1. The lowest BCUT2D eigenvalue weighted by Gasteiger charge is -2.15. The van der Waals surface area contributed by atoms with Gasteiger partial charge >= 0.3 is 0 Å². The smallest absolute Gasteiger partial charge is 0.148 e. The van der Waals surface area contributed by atoms with E-state index >= 15 is 0 Å². The van der Waals surface area contributed by atoms with E-state index in [0.29, 0.717) is 6.54 Å². The van der Waals surface area contributed by atoms with Crippen molar-refractivity contribution in [2.45, 2.75) is 25.9 Å². The standard InChI is InChI=1S/C14H19NO2/c1-3-9-17-14-8-6-5-7-12(14)10-15-13(4-2)11-16/h1,5-8,13,15-16H,4,9-11H2,2H3/t13-/m0/s1. The van der Waals surface area contributed by atoms with E-state index in [1.165, 1.54) is 0 Å². The maximum absolute atomic E-state index is 9.09. The van der Waals surface area contributed by atoms with Crippen molar-refractivity contribution in [3.05, 3.63) is 29.8 Å². The van der Waals surface area contributed by atoms with E-state index in [9.17, 15) is 0 Å². The van der Waals surface area contributed by atoms with Gasteiger partial charge in [0.1, 0.15) is 12.4 Å². The van der Waals surface area contributed by atoms with E-state index in [1.54, 1.807) is 0 Å². The zero-order valence-corrected chi connectivity index (χ0v) is 10.1. The molecule has 92 valence electrons. The molecule has 3 nitrogen and oxygen atoms in total. The first-order chi connectivity index (χ1) is 8.31. The number of aliphatic hydroxyl groups excluding tert-OH is 1. The average molecular weight is 233 g/mol. The first-order valence-corrected chi connectivity index (χ1v) is 5.80. The quantitative estimate of drug-likeness (QED) is 0.702. The molecule has 0 saturated carbocycles. The van der Waals surface area contributed by atoms with Crippen molar-refractivity contribution in [1.82, 2.24) is 5.32 Å². The molecular weight excluding hydrogens is 214 g/mol. The predicted molar refractivity (Wildman–Crippen MR) is 68.8 cm³/mol. The molecule has 1 aromatic rings. The van der Waals surface area contributed by atoms with Crippen LogP contribution in [0.15, 0.2) is 24.3 Å². The van der Waals surface area contributed by atoms with E-state index in [2.05, 4.69) is 11.2 Å². The topological polar surface area (TPSA) is 41.5 Å². The predicted octanol–water partition coefficient (Wildman–Crippen LogP) is 1.56. The van der Waals surface area contributed by atoms with Crippen molar-refractivity contribution in [1.29, 1.82) is 0 Å². The molecule has 0 aliphatic rings. The Hall–Kier alpha value is -1.50. The maximum Gasteiger partial charge on any atom is 0.148 e. The third-order valence-electron chi connectivity index (χ3n) is 2.58. The lowest BCUT2D eigenvalue weighted by Crippen LogP contribution is -2.31. The molecule has 1 atom stereocenters. The van der Waals surface area contributed by atoms with Crippen LogP contribution in [0.3, 0.4) is 0 Å². The summed E-state index contributed by atoms with van der Waals surface area (Å²) in [6, 6.07) is 7.88. The highest BCUT2D eigenvalue weighted by atomic mass is 16.5. The summed E-state index contributed by atoms with van der Waals surface area (Å²) in [7, 11) is 0. The Labute approximate surface area is 103 Å². The van der Waals surface area contributed by atoms with Gasteiger partial charge in [-0.15, -0.1) is 6.42 Å². The van der Waals surface area contributed by atoms with Crippen LogP contribution in [0.5, 0.6) is 5.75 Å². The van der Waals surface area contributed by atoms with Crippen LogP contribution in [-0.4, -0.2) is 24.4 Å². The molecule has 0 fully saturated rings. The van der Waals surface area contributed by atoms with Gasteiger partial charge < -0.3 is 15.2 Å².